The van der Waals surface area contributed by atoms with Crippen LogP contribution in [0.5, 0.6) is 0 Å². The Morgan fingerprint density at radius 3 is 2.75 bits per heavy atom. The van der Waals surface area contributed by atoms with Crippen molar-refractivity contribution in [2.45, 2.75) is 44.3 Å². The fraction of sp³-hybridized carbons (Fsp3) is 0.588. The van der Waals surface area contributed by atoms with E-state index in [1.807, 2.05) is 30.3 Å². The van der Waals surface area contributed by atoms with Gasteiger partial charge in [0.15, 0.2) is 0 Å². The van der Waals surface area contributed by atoms with Crippen LogP contribution in [0.25, 0.3) is 0 Å². The molecule has 2 aliphatic heterocycles. The zero-order chi connectivity index (χ0) is 13.4. The predicted octanol–water partition coefficient (Wildman–Crippen LogP) is 3.68. The van der Waals surface area contributed by atoms with Crippen LogP contribution < -0.4 is 5.43 Å². The van der Waals surface area contributed by atoms with Crippen molar-refractivity contribution in [3.05, 3.63) is 30.3 Å². The van der Waals surface area contributed by atoms with Gasteiger partial charge < -0.3 is 4.74 Å². The Bertz CT molecular complexity index is 487. The number of fused-ring (bicyclic) bond motifs is 5. The van der Waals surface area contributed by atoms with Crippen molar-refractivity contribution in [2.75, 3.05) is 5.43 Å². The normalized spacial score (nSPS) is 39.1. The molecule has 2 heterocycles. The van der Waals surface area contributed by atoms with Crippen LogP contribution in [-0.4, -0.2) is 18.4 Å². The van der Waals surface area contributed by atoms with E-state index < -0.39 is 0 Å². The summed E-state index contributed by atoms with van der Waals surface area (Å²) in [6.45, 7) is 0. The first-order valence-electron chi connectivity index (χ1n) is 7.91. The summed E-state index contributed by atoms with van der Waals surface area (Å²) in [6.07, 6.45) is 9.75. The fourth-order valence-corrected chi connectivity index (χ4v) is 4.38. The lowest BCUT2D eigenvalue weighted by Gasteiger charge is -2.34. The van der Waals surface area contributed by atoms with Crippen LogP contribution in [-0.2, 0) is 4.74 Å². The molecule has 4 rings (SSSR count). The van der Waals surface area contributed by atoms with Gasteiger partial charge in [-0.25, -0.2) is 0 Å². The van der Waals surface area contributed by atoms with Gasteiger partial charge >= 0.3 is 0 Å². The van der Waals surface area contributed by atoms with Crippen LogP contribution in [0.1, 0.15) is 32.1 Å². The van der Waals surface area contributed by atoms with Gasteiger partial charge in [0.2, 0.25) is 0 Å². The van der Waals surface area contributed by atoms with Crippen LogP contribution >= 0.6 is 0 Å². The number of nitrogens with zero attached hydrogens (tertiary/aromatic N) is 1. The van der Waals surface area contributed by atoms with Crippen molar-refractivity contribution in [1.29, 1.82) is 0 Å². The molecule has 3 nitrogen and oxygen atoms in total. The summed E-state index contributed by atoms with van der Waals surface area (Å²) < 4.78 is 6.22. The topological polar surface area (TPSA) is 33.6 Å². The molecule has 1 saturated carbocycles. The smallest absolute Gasteiger partial charge is 0.0689 e. The van der Waals surface area contributed by atoms with Crippen molar-refractivity contribution in [2.24, 2.45) is 22.9 Å². The minimum atomic E-state index is 0.437. The van der Waals surface area contributed by atoms with Crippen molar-refractivity contribution < 1.29 is 4.74 Å². The van der Waals surface area contributed by atoms with E-state index in [-0.39, 0.29) is 0 Å². The van der Waals surface area contributed by atoms with Gasteiger partial charge in [-0.2, -0.15) is 5.10 Å². The quantitative estimate of drug-likeness (QED) is 0.671. The molecule has 0 aromatic heterocycles. The molecule has 106 valence electrons. The van der Waals surface area contributed by atoms with Crippen molar-refractivity contribution in [3.8, 4) is 0 Å². The first-order chi connectivity index (χ1) is 9.92. The molecular formula is C17H22N2O. The second kappa shape index (κ2) is 5.21. The number of benzene rings is 1. The van der Waals surface area contributed by atoms with Crippen molar-refractivity contribution in [3.63, 3.8) is 0 Å². The average Bonchev–Trinajstić information content (AvgIpc) is 3.08. The van der Waals surface area contributed by atoms with Crippen molar-refractivity contribution in [1.82, 2.24) is 0 Å². The monoisotopic (exact) mass is 270 g/mol. The number of hydrazone groups is 1. The Morgan fingerprint density at radius 1 is 1.10 bits per heavy atom. The molecule has 2 bridgehead atoms. The number of hydrogen-bond acceptors (Lipinski definition) is 3. The van der Waals surface area contributed by atoms with Gasteiger partial charge in [-0.3, -0.25) is 5.43 Å². The molecule has 1 aromatic carbocycles. The highest BCUT2D eigenvalue weighted by molar-refractivity contribution is 5.64. The minimum absolute atomic E-state index is 0.437. The Kier molecular flexibility index (Phi) is 3.23. The molecule has 1 N–H and O–H groups in total. The van der Waals surface area contributed by atoms with E-state index in [4.69, 9.17) is 4.74 Å². The maximum atomic E-state index is 6.22. The third-order valence-electron chi connectivity index (χ3n) is 5.27. The standard InChI is InChI=1S/C17H22N2O/c1-2-6-13(7-3-1)19-18-11-12-10-16-14-8-4-5-9-15(14)17(12)20-16/h1-3,6-7,11-12,14-17,19H,4-5,8-10H2. The second-order valence-electron chi connectivity index (χ2n) is 6.41. The van der Waals surface area contributed by atoms with E-state index in [2.05, 4.69) is 16.7 Å². The molecule has 20 heavy (non-hydrogen) atoms. The summed E-state index contributed by atoms with van der Waals surface area (Å²) in [7, 11) is 0. The van der Waals surface area contributed by atoms with Gasteiger partial charge in [0, 0.05) is 12.1 Å². The maximum absolute atomic E-state index is 6.22. The number of ether oxygens (including phenoxy) is 1. The van der Waals surface area contributed by atoms with E-state index in [0.29, 0.717) is 18.1 Å². The number of anilines is 1. The first-order valence-corrected chi connectivity index (χ1v) is 7.91. The molecule has 1 aliphatic carbocycles. The summed E-state index contributed by atoms with van der Waals surface area (Å²) in [5, 5.41) is 4.42. The fourth-order valence-electron chi connectivity index (χ4n) is 4.38. The molecule has 3 heteroatoms. The van der Waals surface area contributed by atoms with Crippen LogP contribution in [0.15, 0.2) is 35.4 Å². The van der Waals surface area contributed by atoms with Gasteiger partial charge in [-0.1, -0.05) is 31.0 Å². The highest BCUT2D eigenvalue weighted by Gasteiger charge is 2.53. The van der Waals surface area contributed by atoms with Crippen LogP contribution in [0, 0.1) is 17.8 Å². The molecule has 0 amide bonds. The number of para-hydroxylation sites is 1. The van der Waals surface area contributed by atoms with Gasteiger partial charge in [0.1, 0.15) is 0 Å². The largest absolute Gasteiger partial charge is 0.374 e. The lowest BCUT2D eigenvalue weighted by molar-refractivity contribution is 0.0826. The van der Waals surface area contributed by atoms with E-state index in [0.717, 1.165) is 17.5 Å². The first kappa shape index (κ1) is 12.4. The number of nitrogens with one attached hydrogen (secondary N) is 1. The maximum Gasteiger partial charge on any atom is 0.0689 e. The zero-order valence-corrected chi connectivity index (χ0v) is 11.7. The summed E-state index contributed by atoms with van der Waals surface area (Å²) >= 11 is 0. The van der Waals surface area contributed by atoms with E-state index >= 15 is 0 Å². The van der Waals surface area contributed by atoms with Gasteiger partial charge in [-0.15, -0.1) is 0 Å². The van der Waals surface area contributed by atoms with Gasteiger partial charge in [0.25, 0.3) is 0 Å². The number of hydrogen-bond donors (Lipinski definition) is 1. The summed E-state index contributed by atoms with van der Waals surface area (Å²) in [6, 6.07) is 10.1. The Hall–Kier alpha value is -1.35. The van der Waals surface area contributed by atoms with Gasteiger partial charge in [-0.05, 0) is 43.2 Å². The highest BCUT2D eigenvalue weighted by Crippen LogP contribution is 2.51. The third kappa shape index (κ3) is 2.14. The molecular weight excluding hydrogens is 248 g/mol. The lowest BCUT2D eigenvalue weighted by atomic mass is 9.68. The zero-order valence-electron chi connectivity index (χ0n) is 11.7. The molecule has 2 saturated heterocycles. The molecule has 5 unspecified atom stereocenters. The molecule has 3 aliphatic rings. The minimum Gasteiger partial charge on any atom is -0.374 e. The SMILES string of the molecule is C(=NNc1ccccc1)C1CC2OC1C1CCCCC21. The number of rotatable bonds is 3. The second-order valence-corrected chi connectivity index (χ2v) is 6.41. The van der Waals surface area contributed by atoms with E-state index in [9.17, 15) is 0 Å². The Labute approximate surface area is 120 Å². The van der Waals surface area contributed by atoms with E-state index in [1.165, 1.54) is 32.1 Å². The van der Waals surface area contributed by atoms with Crippen LogP contribution in [0.4, 0.5) is 5.69 Å². The average molecular weight is 270 g/mol. The molecule has 5 atom stereocenters. The van der Waals surface area contributed by atoms with Crippen LogP contribution in [0.2, 0.25) is 0 Å². The molecule has 1 aromatic rings. The Morgan fingerprint density at radius 2 is 1.90 bits per heavy atom. The third-order valence-corrected chi connectivity index (χ3v) is 5.27. The molecule has 0 radical (unpaired) electrons. The Balaban J connectivity index is 1.39. The van der Waals surface area contributed by atoms with E-state index in [1.54, 1.807) is 0 Å². The lowest BCUT2D eigenvalue weighted by Crippen LogP contribution is -2.35. The summed E-state index contributed by atoms with van der Waals surface area (Å²) in [5.74, 6) is 2.16. The van der Waals surface area contributed by atoms with Crippen molar-refractivity contribution >= 4 is 11.9 Å². The van der Waals surface area contributed by atoms with Crippen LogP contribution in [0.3, 0.4) is 0 Å². The summed E-state index contributed by atoms with van der Waals surface area (Å²) in [4.78, 5) is 0. The highest BCUT2D eigenvalue weighted by atomic mass is 16.5. The van der Waals surface area contributed by atoms with Gasteiger partial charge in [0.05, 0.1) is 17.9 Å². The molecule has 3 fully saturated rings. The predicted molar refractivity (Wildman–Crippen MR) is 80.8 cm³/mol. The molecule has 0 spiro atoms. The summed E-state index contributed by atoms with van der Waals surface area (Å²) in [5.41, 5.74) is 4.16.